The molecule has 0 aliphatic rings. The number of hydrogen-bond acceptors (Lipinski definition) is 5. The van der Waals surface area contributed by atoms with Crippen LogP contribution in [0.5, 0.6) is 11.5 Å². The Balaban J connectivity index is 2.03. The Morgan fingerprint density at radius 3 is 2.29 bits per heavy atom. The van der Waals surface area contributed by atoms with Crippen LogP contribution < -0.4 is 9.47 Å². The predicted molar refractivity (Wildman–Crippen MR) is 82.7 cm³/mol. The number of carboxylic acid groups (broad SMARTS) is 2. The largest absolute Gasteiger partial charge is 0.489 e. The molecule has 0 atom stereocenters. The van der Waals surface area contributed by atoms with Crippen molar-refractivity contribution in [2.45, 2.75) is 6.61 Å². The summed E-state index contributed by atoms with van der Waals surface area (Å²) in [7, 11) is 0. The molecule has 124 valence electrons. The van der Waals surface area contributed by atoms with Gasteiger partial charge in [-0.3, -0.25) is 4.79 Å². The molecule has 0 saturated heterocycles. The second-order valence-electron chi connectivity index (χ2n) is 4.79. The molecule has 7 heteroatoms. The summed E-state index contributed by atoms with van der Waals surface area (Å²) in [6.07, 6.45) is 0.547. The Hall–Kier alpha value is -3.35. The van der Waals surface area contributed by atoms with Crippen LogP contribution in [-0.4, -0.2) is 35.0 Å². The summed E-state index contributed by atoms with van der Waals surface area (Å²) in [6, 6.07) is 10.7. The van der Waals surface area contributed by atoms with Crippen LogP contribution in [0.3, 0.4) is 0 Å². The van der Waals surface area contributed by atoms with Crippen molar-refractivity contribution in [3.63, 3.8) is 0 Å². The molecule has 0 fully saturated rings. The number of hydrogen-bond donors (Lipinski definition) is 2. The number of carboxylic acids is 2. The average molecular weight is 330 g/mol. The van der Waals surface area contributed by atoms with E-state index in [1.165, 1.54) is 24.3 Å². The van der Waals surface area contributed by atoms with Crippen LogP contribution in [0.4, 0.5) is 0 Å². The van der Waals surface area contributed by atoms with E-state index >= 15 is 0 Å². The molecule has 2 aromatic rings. The van der Waals surface area contributed by atoms with Gasteiger partial charge in [0.1, 0.15) is 18.1 Å². The zero-order chi connectivity index (χ0) is 17.5. The second kappa shape index (κ2) is 7.77. The van der Waals surface area contributed by atoms with E-state index < -0.39 is 18.5 Å². The molecule has 0 aromatic heterocycles. The number of ether oxygens (including phenoxy) is 2. The van der Waals surface area contributed by atoms with Gasteiger partial charge in [0.15, 0.2) is 12.9 Å². The fraction of sp³-hybridized carbons (Fsp3) is 0.118. The first-order valence-electron chi connectivity index (χ1n) is 6.88. The van der Waals surface area contributed by atoms with E-state index in [-0.39, 0.29) is 23.5 Å². The molecule has 0 aliphatic carbocycles. The summed E-state index contributed by atoms with van der Waals surface area (Å²) in [5.74, 6) is -1.58. The van der Waals surface area contributed by atoms with Crippen molar-refractivity contribution in [2.24, 2.45) is 0 Å². The van der Waals surface area contributed by atoms with Gasteiger partial charge in [0.2, 0.25) is 0 Å². The maximum atomic E-state index is 11.1. The topological polar surface area (TPSA) is 110 Å². The summed E-state index contributed by atoms with van der Waals surface area (Å²) in [5.41, 5.74) is 1.12. The quantitative estimate of drug-likeness (QED) is 0.714. The maximum Gasteiger partial charge on any atom is 0.341 e. The monoisotopic (exact) mass is 330 g/mol. The first-order chi connectivity index (χ1) is 11.5. The Morgan fingerprint density at radius 2 is 1.71 bits per heavy atom. The first-order valence-corrected chi connectivity index (χ1v) is 6.88. The van der Waals surface area contributed by atoms with Crippen LogP contribution in [0.25, 0.3) is 0 Å². The van der Waals surface area contributed by atoms with Crippen molar-refractivity contribution < 1.29 is 34.1 Å². The van der Waals surface area contributed by atoms with E-state index in [9.17, 15) is 14.4 Å². The van der Waals surface area contributed by atoms with Crippen molar-refractivity contribution in [1.29, 1.82) is 0 Å². The zero-order valence-electron chi connectivity index (χ0n) is 12.5. The van der Waals surface area contributed by atoms with Gasteiger partial charge in [-0.15, -0.1) is 0 Å². The van der Waals surface area contributed by atoms with Crippen molar-refractivity contribution in [3.05, 3.63) is 59.2 Å². The van der Waals surface area contributed by atoms with Crippen molar-refractivity contribution in [2.75, 3.05) is 6.61 Å². The van der Waals surface area contributed by atoms with Gasteiger partial charge in [0, 0.05) is 0 Å². The molecule has 0 bridgehead atoms. The van der Waals surface area contributed by atoms with E-state index in [0.29, 0.717) is 12.0 Å². The third-order valence-corrected chi connectivity index (χ3v) is 3.07. The minimum absolute atomic E-state index is 0.158. The van der Waals surface area contributed by atoms with E-state index in [2.05, 4.69) is 0 Å². The number of aromatic carboxylic acids is 1. The SMILES string of the molecule is O=Cc1cc(OCc2ccc(C(=O)O)cc2)ccc1OCC(=O)O. The Bertz CT molecular complexity index is 750. The fourth-order valence-electron chi connectivity index (χ4n) is 1.89. The molecule has 0 aliphatic heterocycles. The van der Waals surface area contributed by atoms with Gasteiger partial charge in [-0.1, -0.05) is 12.1 Å². The van der Waals surface area contributed by atoms with Gasteiger partial charge in [-0.2, -0.15) is 0 Å². The molecular formula is C17H14O7. The molecule has 0 radical (unpaired) electrons. The predicted octanol–water partition coefficient (Wildman–Crippen LogP) is 2.24. The number of rotatable bonds is 8. The normalized spacial score (nSPS) is 10.0. The molecule has 24 heavy (non-hydrogen) atoms. The molecule has 7 nitrogen and oxygen atoms in total. The van der Waals surface area contributed by atoms with Crippen molar-refractivity contribution in [1.82, 2.24) is 0 Å². The van der Waals surface area contributed by atoms with Crippen LogP contribution in [0.15, 0.2) is 42.5 Å². The summed E-state index contributed by atoms with van der Waals surface area (Å²) in [4.78, 5) is 32.3. The summed E-state index contributed by atoms with van der Waals surface area (Å²) < 4.78 is 10.5. The lowest BCUT2D eigenvalue weighted by atomic mass is 10.1. The number of aldehydes is 1. The Labute approximate surface area is 137 Å². The van der Waals surface area contributed by atoms with Crippen LogP contribution >= 0.6 is 0 Å². The molecular weight excluding hydrogens is 316 g/mol. The van der Waals surface area contributed by atoms with Crippen LogP contribution in [0.1, 0.15) is 26.3 Å². The number of aliphatic carboxylic acids is 1. The highest BCUT2D eigenvalue weighted by Gasteiger charge is 2.08. The van der Waals surface area contributed by atoms with E-state index in [1.807, 2.05) is 0 Å². The van der Waals surface area contributed by atoms with Gasteiger partial charge in [0.25, 0.3) is 0 Å². The number of carbonyl (C=O) groups is 3. The highest BCUT2D eigenvalue weighted by Crippen LogP contribution is 2.23. The van der Waals surface area contributed by atoms with E-state index in [4.69, 9.17) is 19.7 Å². The van der Waals surface area contributed by atoms with Crippen LogP contribution in [0.2, 0.25) is 0 Å². The van der Waals surface area contributed by atoms with Crippen LogP contribution in [0, 0.1) is 0 Å². The molecule has 2 rings (SSSR count). The summed E-state index contributed by atoms with van der Waals surface area (Å²) >= 11 is 0. The molecule has 0 amide bonds. The minimum atomic E-state index is -1.14. The lowest BCUT2D eigenvalue weighted by Gasteiger charge is -2.10. The molecule has 0 spiro atoms. The summed E-state index contributed by atoms with van der Waals surface area (Å²) in [6.45, 7) is -0.357. The average Bonchev–Trinajstić information content (AvgIpc) is 2.58. The van der Waals surface area contributed by atoms with E-state index in [0.717, 1.165) is 5.56 Å². The maximum absolute atomic E-state index is 11.1. The van der Waals surface area contributed by atoms with Crippen molar-refractivity contribution in [3.8, 4) is 11.5 Å². The fourth-order valence-corrected chi connectivity index (χ4v) is 1.89. The van der Waals surface area contributed by atoms with Gasteiger partial charge in [-0.25, -0.2) is 9.59 Å². The smallest absolute Gasteiger partial charge is 0.341 e. The summed E-state index contributed by atoms with van der Waals surface area (Å²) in [5, 5.41) is 17.4. The minimum Gasteiger partial charge on any atom is -0.489 e. The zero-order valence-corrected chi connectivity index (χ0v) is 12.5. The molecule has 0 unspecified atom stereocenters. The highest BCUT2D eigenvalue weighted by molar-refractivity contribution is 5.87. The van der Waals surface area contributed by atoms with Gasteiger partial charge in [0.05, 0.1) is 11.1 Å². The third-order valence-electron chi connectivity index (χ3n) is 3.07. The Kier molecular flexibility index (Phi) is 5.51. The van der Waals surface area contributed by atoms with Crippen LogP contribution in [-0.2, 0) is 11.4 Å². The third kappa shape index (κ3) is 4.57. The molecule has 2 N–H and O–H groups in total. The lowest BCUT2D eigenvalue weighted by molar-refractivity contribution is -0.139. The first kappa shape index (κ1) is 17.0. The lowest BCUT2D eigenvalue weighted by Crippen LogP contribution is -2.10. The van der Waals surface area contributed by atoms with Gasteiger partial charge < -0.3 is 19.7 Å². The standard InChI is InChI=1S/C17H14O7/c18-8-13-7-14(5-6-15(13)24-10-16(19)20)23-9-11-1-3-12(4-2-11)17(21)22/h1-8H,9-10H2,(H,19,20)(H,21,22). The van der Waals surface area contributed by atoms with Crippen molar-refractivity contribution >= 4 is 18.2 Å². The molecule has 0 saturated carbocycles. The highest BCUT2D eigenvalue weighted by atomic mass is 16.5. The number of benzene rings is 2. The van der Waals surface area contributed by atoms with Gasteiger partial charge >= 0.3 is 11.9 Å². The van der Waals surface area contributed by atoms with E-state index in [1.54, 1.807) is 18.2 Å². The molecule has 2 aromatic carbocycles. The second-order valence-corrected chi connectivity index (χ2v) is 4.79. The number of carbonyl (C=O) groups excluding carboxylic acids is 1. The molecule has 0 heterocycles. The Morgan fingerprint density at radius 1 is 1.00 bits per heavy atom. The van der Waals surface area contributed by atoms with Gasteiger partial charge in [-0.05, 0) is 35.9 Å².